The number of hydrogen-bond donors (Lipinski definition) is 1. The Bertz CT molecular complexity index is 394. The monoisotopic (exact) mass is 215 g/mol. The van der Waals surface area contributed by atoms with Crippen LogP contribution in [0.3, 0.4) is 0 Å². The van der Waals surface area contributed by atoms with Crippen LogP contribution in [-0.2, 0) is 4.79 Å². The second kappa shape index (κ2) is 4.97. The van der Waals surface area contributed by atoms with Gasteiger partial charge in [-0.1, -0.05) is 36.4 Å². The Labute approximate surface area is 96.4 Å². The molecule has 0 fully saturated rings. The van der Waals surface area contributed by atoms with Crippen molar-refractivity contribution in [3.8, 4) is 0 Å². The van der Waals surface area contributed by atoms with Crippen molar-refractivity contribution < 1.29 is 4.79 Å². The van der Waals surface area contributed by atoms with Gasteiger partial charge in [-0.3, -0.25) is 4.79 Å². The topological polar surface area (TPSA) is 29.1 Å². The first-order valence-electron chi connectivity index (χ1n) is 5.82. The first-order valence-corrected chi connectivity index (χ1v) is 5.82. The van der Waals surface area contributed by atoms with Crippen LogP contribution in [0.2, 0.25) is 0 Å². The summed E-state index contributed by atoms with van der Waals surface area (Å²) in [5, 5.41) is 3.30. The third-order valence-electron chi connectivity index (χ3n) is 2.93. The van der Waals surface area contributed by atoms with Gasteiger partial charge in [0.25, 0.3) is 0 Å². The number of nitrogens with one attached hydrogen (secondary N) is 1. The molecule has 0 spiro atoms. The Morgan fingerprint density at radius 3 is 2.69 bits per heavy atom. The summed E-state index contributed by atoms with van der Waals surface area (Å²) in [6.07, 6.45) is 4.70. The minimum atomic E-state index is 0.189. The molecule has 84 valence electrons. The predicted molar refractivity (Wildman–Crippen MR) is 64.9 cm³/mol. The molecule has 2 rings (SSSR count). The number of carbonyl (C=O) groups is 1. The summed E-state index contributed by atoms with van der Waals surface area (Å²) in [5.41, 5.74) is 2.00. The Kier molecular flexibility index (Phi) is 3.40. The van der Waals surface area contributed by atoms with Crippen molar-refractivity contribution in [1.29, 1.82) is 0 Å². The van der Waals surface area contributed by atoms with Crippen LogP contribution in [0.25, 0.3) is 0 Å². The van der Waals surface area contributed by atoms with E-state index >= 15 is 0 Å². The zero-order valence-corrected chi connectivity index (χ0v) is 9.57. The molecule has 1 aromatic rings. The number of rotatable bonds is 3. The van der Waals surface area contributed by atoms with Crippen LogP contribution in [-0.4, -0.2) is 5.78 Å². The quantitative estimate of drug-likeness (QED) is 0.839. The molecule has 0 amide bonds. The molecule has 0 saturated heterocycles. The van der Waals surface area contributed by atoms with Gasteiger partial charge in [0.2, 0.25) is 0 Å². The van der Waals surface area contributed by atoms with Crippen molar-refractivity contribution in [3.63, 3.8) is 0 Å². The average molecular weight is 215 g/mol. The summed E-state index contributed by atoms with van der Waals surface area (Å²) in [5.74, 6) is 0.244. The number of Topliss-reactive ketones (excluding diaryl/α,β-unsaturated/α-hetero) is 1. The number of allylic oxidation sites excluding steroid dienone is 2. The maximum Gasteiger partial charge on any atom is 0.178 e. The number of hydrogen-bond acceptors (Lipinski definition) is 2. The minimum absolute atomic E-state index is 0.189. The summed E-state index contributed by atoms with van der Waals surface area (Å²) in [7, 11) is 0. The van der Waals surface area contributed by atoms with Gasteiger partial charge in [-0.15, -0.1) is 0 Å². The van der Waals surface area contributed by atoms with Crippen molar-refractivity contribution >= 4 is 5.78 Å². The summed E-state index contributed by atoms with van der Waals surface area (Å²) in [6, 6.07) is 10.4. The molecule has 2 nitrogen and oxygen atoms in total. The van der Waals surface area contributed by atoms with Crippen LogP contribution in [0.4, 0.5) is 0 Å². The first kappa shape index (κ1) is 10.9. The molecule has 0 radical (unpaired) electrons. The molecule has 2 heteroatoms. The summed E-state index contributed by atoms with van der Waals surface area (Å²) >= 11 is 0. The van der Waals surface area contributed by atoms with E-state index in [-0.39, 0.29) is 11.8 Å². The van der Waals surface area contributed by atoms with Gasteiger partial charge in [0.05, 0.1) is 5.70 Å². The van der Waals surface area contributed by atoms with Gasteiger partial charge in [-0.05, 0) is 25.3 Å². The van der Waals surface area contributed by atoms with E-state index in [9.17, 15) is 4.79 Å². The highest BCUT2D eigenvalue weighted by atomic mass is 16.1. The van der Waals surface area contributed by atoms with Gasteiger partial charge in [0, 0.05) is 12.5 Å². The highest BCUT2D eigenvalue weighted by Gasteiger charge is 2.15. The molecule has 0 bridgehead atoms. The predicted octanol–water partition coefficient (Wildman–Crippen LogP) is 2.97. The molecular formula is C14H17NO. The fourth-order valence-electron chi connectivity index (χ4n) is 1.96. The zero-order chi connectivity index (χ0) is 11.4. The van der Waals surface area contributed by atoms with Gasteiger partial charge in [-0.25, -0.2) is 0 Å². The highest BCUT2D eigenvalue weighted by Crippen LogP contribution is 2.17. The van der Waals surface area contributed by atoms with Gasteiger partial charge < -0.3 is 5.32 Å². The maximum absolute atomic E-state index is 11.6. The van der Waals surface area contributed by atoms with Gasteiger partial charge in [0.15, 0.2) is 5.78 Å². The second-order valence-electron chi connectivity index (χ2n) is 4.21. The second-order valence-corrected chi connectivity index (χ2v) is 4.21. The van der Waals surface area contributed by atoms with Crippen LogP contribution in [0, 0.1) is 0 Å². The third-order valence-corrected chi connectivity index (χ3v) is 2.93. The van der Waals surface area contributed by atoms with E-state index in [0.29, 0.717) is 6.42 Å². The molecule has 1 N–H and O–H groups in total. The molecule has 0 heterocycles. The number of ketones is 1. The summed E-state index contributed by atoms with van der Waals surface area (Å²) < 4.78 is 0. The summed E-state index contributed by atoms with van der Waals surface area (Å²) in [6.45, 7) is 2.08. The lowest BCUT2D eigenvalue weighted by Crippen LogP contribution is -2.25. The smallest absolute Gasteiger partial charge is 0.178 e. The number of carbonyl (C=O) groups excluding carboxylic acids is 1. The van der Waals surface area contributed by atoms with Gasteiger partial charge in [-0.2, -0.15) is 0 Å². The average Bonchev–Trinajstić information content (AvgIpc) is 2.33. The first-order chi connectivity index (χ1) is 7.77. The maximum atomic E-state index is 11.6. The zero-order valence-electron chi connectivity index (χ0n) is 9.57. The lowest BCUT2D eigenvalue weighted by molar-refractivity contribution is -0.116. The van der Waals surface area contributed by atoms with Crippen molar-refractivity contribution in [2.45, 2.75) is 32.2 Å². The third kappa shape index (κ3) is 2.51. The van der Waals surface area contributed by atoms with Crippen molar-refractivity contribution in [2.75, 3.05) is 0 Å². The minimum Gasteiger partial charge on any atom is -0.376 e. The van der Waals surface area contributed by atoms with Crippen molar-refractivity contribution in [3.05, 3.63) is 47.7 Å². The summed E-state index contributed by atoms with van der Waals surface area (Å²) in [4.78, 5) is 11.6. The highest BCUT2D eigenvalue weighted by molar-refractivity contribution is 5.95. The fourth-order valence-corrected chi connectivity index (χ4v) is 1.96. The Hall–Kier alpha value is -1.57. The van der Waals surface area contributed by atoms with Crippen molar-refractivity contribution in [2.24, 2.45) is 0 Å². The van der Waals surface area contributed by atoms with Gasteiger partial charge >= 0.3 is 0 Å². The van der Waals surface area contributed by atoms with E-state index in [1.54, 1.807) is 0 Å². The van der Waals surface area contributed by atoms with Crippen LogP contribution in [0.15, 0.2) is 42.1 Å². The van der Waals surface area contributed by atoms with Crippen LogP contribution in [0.1, 0.15) is 37.8 Å². The van der Waals surface area contributed by atoms with E-state index in [1.165, 1.54) is 5.56 Å². The van der Waals surface area contributed by atoms with E-state index in [2.05, 4.69) is 24.4 Å². The molecular weight excluding hydrogens is 198 g/mol. The lowest BCUT2D eigenvalue weighted by atomic mass is 10.0. The van der Waals surface area contributed by atoms with Gasteiger partial charge in [0.1, 0.15) is 0 Å². The molecule has 0 aliphatic heterocycles. The largest absolute Gasteiger partial charge is 0.376 e. The fraction of sp³-hybridized carbons (Fsp3) is 0.357. The SMILES string of the molecule is C[C@H](NC1=CCCCC1=O)c1ccccc1. The van der Waals surface area contributed by atoms with Crippen molar-refractivity contribution in [1.82, 2.24) is 5.32 Å². The molecule has 1 atom stereocenters. The van der Waals surface area contributed by atoms with Crippen LogP contribution in [0.5, 0.6) is 0 Å². The van der Waals surface area contributed by atoms with E-state index in [0.717, 1.165) is 18.5 Å². The lowest BCUT2D eigenvalue weighted by Gasteiger charge is -2.19. The van der Waals surface area contributed by atoms with E-state index in [4.69, 9.17) is 0 Å². The van der Waals surface area contributed by atoms with E-state index < -0.39 is 0 Å². The molecule has 16 heavy (non-hydrogen) atoms. The Balaban J connectivity index is 2.05. The molecule has 1 aliphatic carbocycles. The Morgan fingerprint density at radius 2 is 2.00 bits per heavy atom. The molecule has 0 unspecified atom stereocenters. The van der Waals surface area contributed by atoms with E-state index in [1.807, 2.05) is 24.3 Å². The Morgan fingerprint density at radius 1 is 1.25 bits per heavy atom. The normalized spacial score (nSPS) is 17.8. The standard InChI is InChI=1S/C14H17NO/c1-11(12-7-3-2-4-8-12)15-13-9-5-6-10-14(13)16/h2-4,7-9,11,15H,5-6,10H2,1H3/t11-/m0/s1. The molecule has 0 aromatic heterocycles. The van der Waals surface area contributed by atoms with Crippen LogP contribution >= 0.6 is 0 Å². The molecule has 1 aliphatic rings. The van der Waals surface area contributed by atoms with Crippen LogP contribution < -0.4 is 5.32 Å². The molecule has 1 aromatic carbocycles. The molecule has 0 saturated carbocycles. The number of benzene rings is 1.